The molecule has 0 N–H and O–H groups in total. The van der Waals surface area contributed by atoms with E-state index in [2.05, 4.69) is 4.90 Å². The van der Waals surface area contributed by atoms with E-state index >= 15 is 0 Å². The van der Waals surface area contributed by atoms with Gasteiger partial charge >= 0.3 is 0 Å². The number of aryl methyl sites for hydroxylation is 1. The fourth-order valence-corrected chi connectivity index (χ4v) is 3.31. The van der Waals surface area contributed by atoms with Crippen molar-refractivity contribution in [2.75, 3.05) is 39.8 Å². The Labute approximate surface area is 154 Å². The largest absolute Gasteiger partial charge is 0.497 e. The van der Waals surface area contributed by atoms with Crippen molar-refractivity contribution in [3.8, 4) is 5.75 Å². The molecule has 0 spiro atoms. The Bertz CT molecular complexity index is 742. The lowest BCUT2D eigenvalue weighted by atomic mass is 10.1. The average molecular weight is 356 g/mol. The number of piperazine rings is 1. The van der Waals surface area contributed by atoms with Crippen LogP contribution in [0.5, 0.6) is 5.75 Å². The van der Waals surface area contributed by atoms with E-state index in [0.29, 0.717) is 11.3 Å². The third-order valence-electron chi connectivity index (χ3n) is 4.85. The van der Waals surface area contributed by atoms with Gasteiger partial charge in [0.2, 0.25) is 0 Å². The highest BCUT2D eigenvalue weighted by Gasteiger charge is 2.22. The highest BCUT2D eigenvalue weighted by atomic mass is 19.1. The Morgan fingerprint density at radius 1 is 1.08 bits per heavy atom. The fraction of sp³-hybridized carbons (Fsp3) is 0.381. The Hall–Kier alpha value is -2.40. The summed E-state index contributed by atoms with van der Waals surface area (Å²) in [6, 6.07) is 14.2. The summed E-state index contributed by atoms with van der Waals surface area (Å²) in [6.07, 6.45) is 1.67. The topological polar surface area (TPSA) is 32.8 Å². The van der Waals surface area contributed by atoms with Crippen molar-refractivity contribution in [2.45, 2.75) is 12.8 Å². The molecule has 1 fully saturated rings. The molecule has 2 aromatic rings. The van der Waals surface area contributed by atoms with Crippen molar-refractivity contribution in [1.29, 1.82) is 0 Å². The number of hydrogen-bond acceptors (Lipinski definition) is 3. The maximum absolute atomic E-state index is 13.6. The molecule has 0 aliphatic carbocycles. The third kappa shape index (κ3) is 4.61. The molecule has 1 heterocycles. The molecule has 4 nitrogen and oxygen atoms in total. The number of hydrogen-bond donors (Lipinski definition) is 0. The molecule has 0 aromatic heterocycles. The van der Waals surface area contributed by atoms with E-state index in [4.69, 9.17) is 4.74 Å². The van der Waals surface area contributed by atoms with Gasteiger partial charge in [0.1, 0.15) is 11.6 Å². The third-order valence-corrected chi connectivity index (χ3v) is 4.85. The van der Waals surface area contributed by atoms with Gasteiger partial charge < -0.3 is 9.64 Å². The van der Waals surface area contributed by atoms with Crippen LogP contribution in [0.4, 0.5) is 4.39 Å². The predicted molar refractivity (Wildman–Crippen MR) is 100 cm³/mol. The molecule has 0 unspecified atom stereocenters. The van der Waals surface area contributed by atoms with E-state index in [1.807, 2.05) is 35.2 Å². The summed E-state index contributed by atoms with van der Waals surface area (Å²) < 4.78 is 18.8. The quantitative estimate of drug-likeness (QED) is 0.797. The normalized spacial score (nSPS) is 15.1. The molecule has 0 bridgehead atoms. The molecule has 138 valence electrons. The lowest BCUT2D eigenvalue weighted by Crippen LogP contribution is -2.48. The summed E-state index contributed by atoms with van der Waals surface area (Å²) in [5.74, 6) is 0.624. The number of benzene rings is 2. The number of methoxy groups -OCH3 is 1. The van der Waals surface area contributed by atoms with Crippen LogP contribution in [-0.4, -0.2) is 55.5 Å². The van der Waals surface area contributed by atoms with E-state index < -0.39 is 0 Å². The smallest absolute Gasteiger partial charge is 0.254 e. The first-order valence-electron chi connectivity index (χ1n) is 9.06. The highest BCUT2D eigenvalue weighted by molar-refractivity contribution is 5.94. The number of halogens is 1. The van der Waals surface area contributed by atoms with Gasteiger partial charge in [-0.25, -0.2) is 4.39 Å². The van der Waals surface area contributed by atoms with E-state index in [-0.39, 0.29) is 11.7 Å². The zero-order chi connectivity index (χ0) is 18.4. The Kier molecular flexibility index (Phi) is 6.23. The monoisotopic (exact) mass is 356 g/mol. The molecule has 3 rings (SSSR count). The molecule has 2 aromatic carbocycles. The summed E-state index contributed by atoms with van der Waals surface area (Å²) in [4.78, 5) is 16.9. The zero-order valence-corrected chi connectivity index (χ0v) is 15.2. The summed E-state index contributed by atoms with van der Waals surface area (Å²) in [5.41, 5.74) is 1.44. The zero-order valence-electron chi connectivity index (χ0n) is 15.2. The van der Waals surface area contributed by atoms with Crippen LogP contribution in [0.25, 0.3) is 0 Å². The Morgan fingerprint density at radius 3 is 2.58 bits per heavy atom. The van der Waals surface area contributed by atoms with Gasteiger partial charge in [0.15, 0.2) is 0 Å². The predicted octanol–water partition coefficient (Wildman–Crippen LogP) is 3.22. The van der Waals surface area contributed by atoms with Crippen LogP contribution in [0.1, 0.15) is 22.3 Å². The first-order chi connectivity index (χ1) is 12.7. The number of amides is 1. The molecule has 1 aliphatic heterocycles. The van der Waals surface area contributed by atoms with Crippen molar-refractivity contribution >= 4 is 5.91 Å². The van der Waals surface area contributed by atoms with E-state index in [1.165, 1.54) is 6.07 Å². The van der Waals surface area contributed by atoms with Crippen molar-refractivity contribution < 1.29 is 13.9 Å². The van der Waals surface area contributed by atoms with E-state index in [0.717, 1.165) is 51.1 Å². The molecule has 0 saturated carbocycles. The van der Waals surface area contributed by atoms with Gasteiger partial charge in [0, 0.05) is 31.7 Å². The van der Waals surface area contributed by atoms with Crippen LogP contribution in [0, 0.1) is 5.82 Å². The van der Waals surface area contributed by atoms with Gasteiger partial charge in [-0.15, -0.1) is 0 Å². The number of carbonyl (C=O) groups excluding carboxylic acids is 1. The second-order valence-electron chi connectivity index (χ2n) is 6.56. The second kappa shape index (κ2) is 8.81. The highest BCUT2D eigenvalue weighted by Crippen LogP contribution is 2.16. The van der Waals surface area contributed by atoms with Gasteiger partial charge in [-0.2, -0.15) is 0 Å². The van der Waals surface area contributed by atoms with Crippen LogP contribution >= 0.6 is 0 Å². The van der Waals surface area contributed by atoms with Crippen LogP contribution in [-0.2, 0) is 6.42 Å². The number of rotatable bonds is 6. The average Bonchev–Trinajstić information content (AvgIpc) is 2.69. The van der Waals surface area contributed by atoms with Crippen molar-refractivity contribution in [2.24, 2.45) is 0 Å². The molecule has 0 radical (unpaired) electrons. The maximum atomic E-state index is 13.6. The Balaban J connectivity index is 1.45. The minimum Gasteiger partial charge on any atom is -0.497 e. The van der Waals surface area contributed by atoms with Gasteiger partial charge in [0.05, 0.1) is 7.11 Å². The molecule has 1 amide bonds. The van der Waals surface area contributed by atoms with Gasteiger partial charge in [-0.3, -0.25) is 9.69 Å². The maximum Gasteiger partial charge on any atom is 0.254 e. The summed E-state index contributed by atoms with van der Waals surface area (Å²) in [5, 5.41) is 0. The van der Waals surface area contributed by atoms with Crippen LogP contribution in [0.3, 0.4) is 0 Å². The van der Waals surface area contributed by atoms with E-state index in [1.54, 1.807) is 19.2 Å². The number of carbonyl (C=O) groups is 1. The van der Waals surface area contributed by atoms with Crippen molar-refractivity contribution in [3.05, 3.63) is 65.5 Å². The summed E-state index contributed by atoms with van der Waals surface area (Å²) >= 11 is 0. The van der Waals surface area contributed by atoms with Crippen LogP contribution in [0.2, 0.25) is 0 Å². The van der Waals surface area contributed by atoms with Crippen LogP contribution in [0.15, 0.2) is 48.5 Å². The molecule has 1 saturated heterocycles. The van der Waals surface area contributed by atoms with Gasteiger partial charge in [0.25, 0.3) is 5.91 Å². The SMILES string of the molecule is COc1cccc(C(=O)N2CCN(CCCc3ccccc3F)CC2)c1. The molecule has 1 aliphatic rings. The Morgan fingerprint density at radius 2 is 1.85 bits per heavy atom. The first kappa shape index (κ1) is 18.4. The molecular weight excluding hydrogens is 331 g/mol. The van der Waals surface area contributed by atoms with E-state index in [9.17, 15) is 9.18 Å². The summed E-state index contributed by atoms with van der Waals surface area (Å²) in [6.45, 7) is 4.07. The fourth-order valence-electron chi connectivity index (χ4n) is 3.31. The molecular formula is C21H25FN2O2. The molecule has 26 heavy (non-hydrogen) atoms. The lowest BCUT2D eigenvalue weighted by molar-refractivity contribution is 0.0635. The standard InChI is InChI=1S/C21H25FN2O2/c1-26-19-9-4-7-18(16-19)21(25)24-14-12-23(13-15-24)11-5-8-17-6-2-3-10-20(17)22/h2-4,6-7,9-10,16H,5,8,11-15H2,1H3. The first-order valence-corrected chi connectivity index (χ1v) is 9.06. The number of ether oxygens (including phenoxy) is 1. The van der Waals surface area contributed by atoms with Crippen molar-refractivity contribution in [3.63, 3.8) is 0 Å². The second-order valence-corrected chi connectivity index (χ2v) is 6.56. The molecule has 0 atom stereocenters. The lowest BCUT2D eigenvalue weighted by Gasteiger charge is -2.34. The van der Waals surface area contributed by atoms with Crippen molar-refractivity contribution in [1.82, 2.24) is 9.80 Å². The minimum atomic E-state index is -0.124. The molecule has 5 heteroatoms. The number of nitrogens with zero attached hydrogens (tertiary/aromatic N) is 2. The van der Waals surface area contributed by atoms with Gasteiger partial charge in [-0.05, 0) is 49.2 Å². The summed E-state index contributed by atoms with van der Waals surface area (Å²) in [7, 11) is 1.60. The van der Waals surface area contributed by atoms with Gasteiger partial charge in [-0.1, -0.05) is 24.3 Å². The minimum absolute atomic E-state index is 0.0508. The van der Waals surface area contributed by atoms with Crippen LogP contribution < -0.4 is 4.74 Å².